The molecule has 0 bridgehead atoms. The minimum atomic E-state index is -3.85. The number of hydrogen-bond donors (Lipinski definition) is 4. The van der Waals surface area contributed by atoms with Gasteiger partial charge < -0.3 is 20.4 Å². The first-order chi connectivity index (χ1) is 16.9. The second-order valence-electron chi connectivity index (χ2n) is 8.62. The molecular weight excluding hydrogens is 506 g/mol. The normalized spacial score (nSPS) is 18.4. The van der Waals surface area contributed by atoms with Crippen LogP contribution in [-0.4, -0.2) is 58.8 Å². The number of carboxylic acids is 1. The van der Waals surface area contributed by atoms with E-state index in [1.807, 2.05) is 0 Å². The van der Waals surface area contributed by atoms with E-state index < -0.39 is 39.9 Å². The lowest BCUT2D eigenvalue weighted by atomic mass is 9.95. The van der Waals surface area contributed by atoms with Crippen molar-refractivity contribution in [3.05, 3.63) is 59.7 Å². The monoisotopic (exact) mass is 533 g/mol. The van der Waals surface area contributed by atoms with Crippen LogP contribution in [0.3, 0.4) is 0 Å². The van der Waals surface area contributed by atoms with Crippen molar-refractivity contribution in [1.82, 2.24) is 10.2 Å². The van der Waals surface area contributed by atoms with Crippen LogP contribution in [0.25, 0.3) is 0 Å². The summed E-state index contributed by atoms with van der Waals surface area (Å²) < 4.78 is 22.9. The van der Waals surface area contributed by atoms with Crippen LogP contribution in [0.1, 0.15) is 36.9 Å². The van der Waals surface area contributed by atoms with E-state index in [0.717, 1.165) is 0 Å². The highest BCUT2D eigenvalue weighted by Gasteiger charge is 2.41. The number of carbonyl (C=O) groups excluding carboxylic acids is 2. The number of nitrogens with zero attached hydrogens (tertiary/aromatic N) is 1. The average Bonchev–Trinajstić information content (AvgIpc) is 3.26. The molecule has 0 spiro atoms. The maximum absolute atomic E-state index is 13.1. The molecule has 1 aliphatic rings. The highest BCUT2D eigenvalue weighted by atomic mass is 32.2. The number of hydrogen-bond acceptors (Lipinski definition) is 7. The summed E-state index contributed by atoms with van der Waals surface area (Å²) in [4.78, 5) is 38.6. The van der Waals surface area contributed by atoms with Gasteiger partial charge in [0, 0.05) is 0 Å². The van der Waals surface area contributed by atoms with Gasteiger partial charge in [-0.05, 0) is 61.6 Å². The number of sulfonamides is 1. The van der Waals surface area contributed by atoms with Crippen LogP contribution in [0.5, 0.6) is 5.75 Å². The fraction of sp³-hybridized carbons (Fsp3) is 0.333. The fourth-order valence-corrected chi connectivity index (χ4v) is 5.15. The summed E-state index contributed by atoms with van der Waals surface area (Å²) in [7, 11) is -3.85. The number of aliphatic carboxylic acids is 1. The summed E-state index contributed by atoms with van der Waals surface area (Å²) in [6.45, 7) is 1.05. The van der Waals surface area contributed by atoms with Crippen LogP contribution in [0.4, 0.5) is 0 Å². The van der Waals surface area contributed by atoms with Gasteiger partial charge in [-0.2, -0.15) is 0 Å². The Balaban J connectivity index is 1.71. The molecule has 1 amide bonds. The number of phenols is 1. The van der Waals surface area contributed by atoms with Crippen LogP contribution in [0, 0.1) is 5.92 Å². The summed E-state index contributed by atoms with van der Waals surface area (Å²) >= 11 is 5.38. The van der Waals surface area contributed by atoms with Gasteiger partial charge in [0.25, 0.3) is 0 Å². The van der Waals surface area contributed by atoms with E-state index >= 15 is 0 Å². The number of rotatable bonds is 9. The van der Waals surface area contributed by atoms with E-state index in [1.165, 1.54) is 48.2 Å². The van der Waals surface area contributed by atoms with E-state index in [9.17, 15) is 33.0 Å². The van der Waals surface area contributed by atoms with Gasteiger partial charge in [0.2, 0.25) is 15.9 Å². The van der Waals surface area contributed by atoms with Crippen molar-refractivity contribution >= 4 is 44.9 Å². The van der Waals surface area contributed by atoms with Gasteiger partial charge in [-0.1, -0.05) is 36.5 Å². The first kappa shape index (κ1) is 27.2. The summed E-state index contributed by atoms with van der Waals surface area (Å²) in [5, 5.41) is 27.4. The molecule has 1 fully saturated rings. The number of amides is 1. The molecule has 0 saturated carbocycles. The summed E-state index contributed by atoms with van der Waals surface area (Å²) in [5.74, 6) is -2.64. The molecule has 192 valence electrons. The Morgan fingerprint density at radius 3 is 2.39 bits per heavy atom. The molecule has 2 unspecified atom stereocenters. The highest BCUT2D eigenvalue weighted by molar-refractivity contribution is 7.89. The van der Waals surface area contributed by atoms with Crippen molar-refractivity contribution in [1.29, 1.82) is 0 Å². The Hall–Kier alpha value is -3.35. The predicted molar refractivity (Wildman–Crippen MR) is 135 cm³/mol. The number of aromatic hydroxyl groups is 1. The lowest BCUT2D eigenvalue weighted by Gasteiger charge is -2.29. The molecule has 1 saturated heterocycles. The van der Waals surface area contributed by atoms with Gasteiger partial charge in [-0.15, -0.1) is 0 Å². The maximum Gasteiger partial charge on any atom is 0.326 e. The van der Waals surface area contributed by atoms with Crippen LogP contribution in [0.15, 0.2) is 53.4 Å². The molecule has 36 heavy (non-hydrogen) atoms. The molecule has 3 atom stereocenters. The predicted octanol–water partition coefficient (Wildman–Crippen LogP) is 1.52. The van der Waals surface area contributed by atoms with E-state index in [-0.39, 0.29) is 40.8 Å². The molecule has 5 N–H and O–H groups in total. The zero-order valence-corrected chi connectivity index (χ0v) is 21.1. The van der Waals surface area contributed by atoms with Crippen molar-refractivity contribution in [2.45, 2.75) is 43.2 Å². The first-order valence-corrected chi connectivity index (χ1v) is 13.1. The minimum absolute atomic E-state index is 0.0133. The smallest absolute Gasteiger partial charge is 0.326 e. The molecular formula is C24H27N3O7S2. The van der Waals surface area contributed by atoms with Crippen molar-refractivity contribution in [2.75, 3.05) is 6.54 Å². The molecule has 10 nitrogen and oxygen atoms in total. The van der Waals surface area contributed by atoms with Crippen molar-refractivity contribution in [2.24, 2.45) is 11.1 Å². The van der Waals surface area contributed by atoms with Gasteiger partial charge in [0.05, 0.1) is 28.4 Å². The molecule has 2 aromatic rings. The number of Topliss-reactive ketones (excluding diaryl/α,β-unsaturated/α-hetero) is 1. The topological polar surface area (TPSA) is 167 Å². The highest BCUT2D eigenvalue weighted by Crippen LogP contribution is 2.37. The third-order valence-electron chi connectivity index (χ3n) is 6.13. The molecule has 1 heterocycles. The average molecular weight is 534 g/mol. The fourth-order valence-electron chi connectivity index (χ4n) is 4.31. The second kappa shape index (κ2) is 11.1. The number of carboxylic acid groups (broad SMARTS) is 1. The van der Waals surface area contributed by atoms with Crippen molar-refractivity contribution in [3.8, 4) is 5.75 Å². The quantitative estimate of drug-likeness (QED) is 0.349. The number of thiocarbonyl (C=S) groups is 1. The lowest BCUT2D eigenvalue weighted by molar-refractivity contribution is -0.149. The van der Waals surface area contributed by atoms with Gasteiger partial charge in [0.15, 0.2) is 0 Å². The van der Waals surface area contributed by atoms with Crippen molar-refractivity contribution < 1.29 is 33.0 Å². The van der Waals surface area contributed by atoms with Crippen LogP contribution >= 0.6 is 12.2 Å². The third kappa shape index (κ3) is 6.45. The number of phenolic OH excluding ortho intramolecular Hbond substituents is 1. The number of primary sulfonamides is 1. The molecule has 1 aliphatic heterocycles. The Bertz CT molecular complexity index is 1280. The number of benzene rings is 2. The number of carbonyl (C=O) groups is 3. The van der Waals surface area contributed by atoms with Gasteiger partial charge >= 0.3 is 5.97 Å². The Morgan fingerprint density at radius 2 is 1.83 bits per heavy atom. The van der Waals surface area contributed by atoms with Crippen LogP contribution < -0.4 is 10.5 Å². The van der Waals surface area contributed by atoms with Crippen molar-refractivity contribution in [3.63, 3.8) is 0 Å². The zero-order chi connectivity index (χ0) is 26.6. The number of likely N-dealkylation sites (tertiary alicyclic amines) is 1. The molecule has 2 aromatic carbocycles. The zero-order valence-electron chi connectivity index (χ0n) is 19.5. The molecule has 0 radical (unpaired) electrons. The molecule has 12 heteroatoms. The van der Waals surface area contributed by atoms with E-state index in [4.69, 9.17) is 17.4 Å². The molecule has 0 aromatic heterocycles. The largest absolute Gasteiger partial charge is 0.508 e. The number of ketones is 1. The maximum atomic E-state index is 13.1. The number of nitrogens with two attached hydrogens (primary N) is 1. The third-order valence-corrected chi connectivity index (χ3v) is 7.48. The summed E-state index contributed by atoms with van der Waals surface area (Å²) in [5.41, 5.74) is 1.27. The van der Waals surface area contributed by atoms with Gasteiger partial charge in [0.1, 0.15) is 17.6 Å². The second-order valence-corrected chi connectivity index (χ2v) is 10.6. The number of nitrogens with one attached hydrogen (secondary N) is 1. The van der Waals surface area contributed by atoms with E-state index in [2.05, 4.69) is 5.32 Å². The Labute approximate surface area is 214 Å². The van der Waals surface area contributed by atoms with Gasteiger partial charge in [-0.3, -0.25) is 9.59 Å². The van der Waals surface area contributed by atoms with Gasteiger partial charge in [-0.25, -0.2) is 18.4 Å². The first-order valence-electron chi connectivity index (χ1n) is 11.1. The van der Waals surface area contributed by atoms with E-state index in [0.29, 0.717) is 17.5 Å². The SMILES string of the molecule is CC(=O)C(Cc1ccc(S(N)(=O)=O)cc1)C(=S)NCC(=O)N1C(c2cccc(O)c2)CC[C@H]1C(=O)O. The molecule has 0 aliphatic carbocycles. The van der Waals surface area contributed by atoms with Crippen LogP contribution in [0.2, 0.25) is 0 Å². The summed E-state index contributed by atoms with van der Waals surface area (Å²) in [6.07, 6.45) is 0.852. The Morgan fingerprint density at radius 1 is 1.17 bits per heavy atom. The van der Waals surface area contributed by atoms with Crippen LogP contribution in [-0.2, 0) is 30.8 Å². The minimum Gasteiger partial charge on any atom is -0.508 e. The summed E-state index contributed by atoms with van der Waals surface area (Å²) in [6, 6.07) is 10.5. The molecule has 3 rings (SSSR count). The Kier molecular flexibility index (Phi) is 8.43. The standard InChI is InChI=1S/C24H27N3O7S2/c1-14(28)19(11-15-5-7-18(8-6-15)36(25,33)34)23(35)26-13-22(30)27-20(9-10-21(27)24(31)32)16-3-2-4-17(29)12-16/h2-8,12,19-21,29H,9-11,13H2,1H3,(H,26,35)(H,31,32)(H2,25,33,34)/t19?,20?,21-/m0/s1. The lowest BCUT2D eigenvalue weighted by Crippen LogP contribution is -2.47. The van der Waals surface area contributed by atoms with E-state index in [1.54, 1.807) is 12.1 Å².